The molecule has 0 amide bonds. The predicted octanol–water partition coefficient (Wildman–Crippen LogP) is 1.80. The first-order valence-electron chi connectivity index (χ1n) is 8.67. The number of carbonyl (C=O) groups excluding carboxylic acids is 3. The second kappa shape index (κ2) is 6.88. The van der Waals surface area contributed by atoms with E-state index in [1.54, 1.807) is 36.4 Å². The lowest BCUT2D eigenvalue weighted by Gasteiger charge is -2.34. The fourth-order valence-corrected chi connectivity index (χ4v) is 3.74. The molecule has 28 heavy (non-hydrogen) atoms. The van der Waals surface area contributed by atoms with Crippen molar-refractivity contribution in [3.05, 3.63) is 59.7 Å². The molecule has 0 saturated heterocycles. The summed E-state index contributed by atoms with van der Waals surface area (Å²) in [6.07, 6.45) is 0. The second-order valence-electron chi connectivity index (χ2n) is 6.46. The number of benzene rings is 2. The lowest BCUT2D eigenvalue weighted by molar-refractivity contribution is -0.157. The van der Waals surface area contributed by atoms with E-state index >= 15 is 0 Å². The molecule has 0 unspecified atom stereocenters. The first-order chi connectivity index (χ1) is 13.6. The summed E-state index contributed by atoms with van der Waals surface area (Å²) in [5, 5.41) is 8.96. The zero-order valence-electron chi connectivity index (χ0n) is 15.2. The molecule has 1 aromatic heterocycles. The van der Waals surface area contributed by atoms with Crippen molar-refractivity contribution in [2.45, 2.75) is 6.04 Å². The van der Waals surface area contributed by atoms with Gasteiger partial charge in [0.15, 0.2) is 5.78 Å². The van der Waals surface area contributed by atoms with Crippen LogP contribution in [0.3, 0.4) is 0 Å². The van der Waals surface area contributed by atoms with Gasteiger partial charge in [-0.2, -0.15) is 15.0 Å². The molecule has 2 aromatic carbocycles. The molecule has 0 saturated carbocycles. The van der Waals surface area contributed by atoms with Gasteiger partial charge in [-0.3, -0.25) is 14.4 Å². The summed E-state index contributed by atoms with van der Waals surface area (Å²) in [5.41, 5.74) is 2.16. The average Bonchev–Trinajstić information content (AvgIpc) is 3.16. The largest absolute Gasteiger partial charge is 0.469 e. The van der Waals surface area contributed by atoms with Gasteiger partial charge in [-0.05, 0) is 17.7 Å². The van der Waals surface area contributed by atoms with Crippen LogP contribution in [0.2, 0.25) is 0 Å². The highest BCUT2D eigenvalue weighted by Crippen LogP contribution is 2.41. The topological polar surface area (TPSA) is 100 Å². The van der Waals surface area contributed by atoms with Gasteiger partial charge >= 0.3 is 11.9 Å². The standard InChI is InChI=1S/C20H17N3O5/c1-27-19(25)15-16(20(26)28-2)18(24)12-8-4-3-7-11(12)17(15)23-21-13-9-5-6-10-14(13)22-23/h3-10,15-17H,1-2H3/t15-,16-,17+/m0/s1. The number of fused-ring (bicyclic) bond motifs is 2. The number of carbonyl (C=O) groups is 3. The smallest absolute Gasteiger partial charge is 0.317 e. The Hall–Kier alpha value is -3.55. The quantitative estimate of drug-likeness (QED) is 0.505. The Kier molecular flexibility index (Phi) is 4.38. The molecule has 0 radical (unpaired) electrons. The molecule has 1 aliphatic carbocycles. The highest BCUT2D eigenvalue weighted by atomic mass is 16.5. The van der Waals surface area contributed by atoms with E-state index in [2.05, 4.69) is 10.2 Å². The van der Waals surface area contributed by atoms with Crippen LogP contribution in [0.15, 0.2) is 48.5 Å². The molecular weight excluding hydrogens is 362 g/mol. The number of methoxy groups -OCH3 is 2. The molecule has 0 aliphatic heterocycles. The van der Waals surface area contributed by atoms with Crippen LogP contribution in [0.25, 0.3) is 11.0 Å². The number of ether oxygens (including phenoxy) is 2. The number of aromatic nitrogens is 3. The fourth-order valence-electron chi connectivity index (χ4n) is 3.74. The lowest BCUT2D eigenvalue weighted by atomic mass is 9.71. The Morgan fingerprint density at radius 1 is 0.893 bits per heavy atom. The number of ketones is 1. The third-order valence-corrected chi connectivity index (χ3v) is 5.01. The second-order valence-corrected chi connectivity index (χ2v) is 6.46. The highest BCUT2D eigenvalue weighted by Gasteiger charge is 2.52. The van der Waals surface area contributed by atoms with Crippen LogP contribution in [-0.4, -0.2) is 46.9 Å². The van der Waals surface area contributed by atoms with Crippen molar-refractivity contribution in [1.29, 1.82) is 0 Å². The van der Waals surface area contributed by atoms with Crippen molar-refractivity contribution in [3.63, 3.8) is 0 Å². The molecule has 8 heteroatoms. The van der Waals surface area contributed by atoms with E-state index in [-0.39, 0.29) is 0 Å². The van der Waals surface area contributed by atoms with E-state index in [9.17, 15) is 14.4 Å². The molecule has 0 spiro atoms. The summed E-state index contributed by atoms with van der Waals surface area (Å²) in [6, 6.07) is 13.3. The minimum atomic E-state index is -1.34. The predicted molar refractivity (Wildman–Crippen MR) is 97.5 cm³/mol. The van der Waals surface area contributed by atoms with Gasteiger partial charge in [-0.25, -0.2) is 0 Å². The molecular formula is C20H17N3O5. The zero-order valence-corrected chi connectivity index (χ0v) is 15.2. The van der Waals surface area contributed by atoms with Gasteiger partial charge in [0.1, 0.15) is 28.9 Å². The number of hydrogen-bond acceptors (Lipinski definition) is 7. The molecule has 3 atom stereocenters. The number of rotatable bonds is 3. The van der Waals surface area contributed by atoms with Crippen molar-refractivity contribution in [2.75, 3.05) is 14.2 Å². The molecule has 142 valence electrons. The van der Waals surface area contributed by atoms with E-state index in [4.69, 9.17) is 9.47 Å². The molecule has 1 heterocycles. The monoisotopic (exact) mass is 379 g/mol. The molecule has 0 fully saturated rings. The Labute approximate surface area is 160 Å². The number of Topliss-reactive ketones (excluding diaryl/α,β-unsaturated/α-hetero) is 1. The molecule has 8 nitrogen and oxygen atoms in total. The Morgan fingerprint density at radius 3 is 2.07 bits per heavy atom. The maximum atomic E-state index is 13.0. The van der Waals surface area contributed by atoms with E-state index in [1.807, 2.05) is 12.1 Å². The third kappa shape index (κ3) is 2.65. The van der Waals surface area contributed by atoms with Gasteiger partial charge in [-0.1, -0.05) is 36.4 Å². The van der Waals surface area contributed by atoms with Crippen molar-refractivity contribution < 1.29 is 23.9 Å². The van der Waals surface area contributed by atoms with E-state index in [1.165, 1.54) is 19.0 Å². The van der Waals surface area contributed by atoms with Crippen molar-refractivity contribution in [3.8, 4) is 0 Å². The Bertz CT molecular complexity index is 1060. The van der Waals surface area contributed by atoms with Gasteiger partial charge in [0.2, 0.25) is 0 Å². The average molecular weight is 379 g/mol. The molecule has 4 rings (SSSR count). The maximum Gasteiger partial charge on any atom is 0.317 e. The summed E-state index contributed by atoms with van der Waals surface area (Å²) in [5.74, 6) is -4.47. The normalized spacial score (nSPS) is 21.2. The minimum absolute atomic E-state index is 0.337. The van der Waals surface area contributed by atoms with Crippen molar-refractivity contribution in [1.82, 2.24) is 15.0 Å². The lowest BCUT2D eigenvalue weighted by Crippen LogP contribution is -2.47. The van der Waals surface area contributed by atoms with Crippen LogP contribution >= 0.6 is 0 Å². The number of nitrogens with zero attached hydrogens (tertiary/aromatic N) is 3. The minimum Gasteiger partial charge on any atom is -0.469 e. The van der Waals surface area contributed by atoms with Gasteiger partial charge in [-0.15, -0.1) is 0 Å². The summed E-state index contributed by atoms with van der Waals surface area (Å²) in [7, 11) is 2.39. The number of hydrogen-bond donors (Lipinski definition) is 0. The first kappa shape index (κ1) is 17.8. The summed E-state index contributed by atoms with van der Waals surface area (Å²) in [4.78, 5) is 39.6. The van der Waals surface area contributed by atoms with Crippen LogP contribution < -0.4 is 0 Å². The Morgan fingerprint density at radius 2 is 1.46 bits per heavy atom. The van der Waals surface area contributed by atoms with Crippen molar-refractivity contribution in [2.24, 2.45) is 11.8 Å². The SMILES string of the molecule is COC(=O)[C@@H]1C(=O)c2ccccc2[C@@H](n2nc3ccccc3n2)[C@H]1C(=O)OC. The zero-order chi connectivity index (χ0) is 19.8. The van der Waals surface area contributed by atoms with Crippen LogP contribution in [0.5, 0.6) is 0 Å². The Balaban J connectivity index is 1.98. The summed E-state index contributed by atoms with van der Waals surface area (Å²) >= 11 is 0. The van der Waals surface area contributed by atoms with Gasteiger partial charge < -0.3 is 9.47 Å². The van der Waals surface area contributed by atoms with Gasteiger partial charge in [0, 0.05) is 5.56 Å². The maximum absolute atomic E-state index is 13.0. The third-order valence-electron chi connectivity index (χ3n) is 5.01. The van der Waals surface area contributed by atoms with Crippen molar-refractivity contribution >= 4 is 28.8 Å². The van der Waals surface area contributed by atoms with E-state index in [0.717, 1.165) is 0 Å². The van der Waals surface area contributed by atoms with Crippen LogP contribution in [-0.2, 0) is 19.1 Å². The van der Waals surface area contributed by atoms with Crippen LogP contribution in [0.1, 0.15) is 22.0 Å². The highest BCUT2D eigenvalue weighted by molar-refractivity contribution is 6.13. The molecule has 0 bridgehead atoms. The van der Waals surface area contributed by atoms with E-state index in [0.29, 0.717) is 22.2 Å². The van der Waals surface area contributed by atoms with Crippen LogP contribution in [0.4, 0.5) is 0 Å². The van der Waals surface area contributed by atoms with E-state index < -0.39 is 35.6 Å². The molecule has 1 aliphatic rings. The first-order valence-corrected chi connectivity index (χ1v) is 8.67. The van der Waals surface area contributed by atoms with Gasteiger partial charge in [0.25, 0.3) is 0 Å². The van der Waals surface area contributed by atoms with Gasteiger partial charge in [0.05, 0.1) is 14.2 Å². The molecule has 3 aromatic rings. The summed E-state index contributed by atoms with van der Waals surface area (Å²) < 4.78 is 9.76. The fraction of sp³-hybridized carbons (Fsp3) is 0.250. The summed E-state index contributed by atoms with van der Waals surface area (Å²) in [6.45, 7) is 0. The number of esters is 2. The molecule has 0 N–H and O–H groups in total. The van der Waals surface area contributed by atoms with Crippen LogP contribution in [0, 0.1) is 11.8 Å².